The van der Waals surface area contributed by atoms with Crippen LogP contribution in [-0.4, -0.2) is 99.9 Å². The molecule has 0 spiro atoms. The van der Waals surface area contributed by atoms with E-state index in [1.165, 1.54) is 12.7 Å². The number of amides is 1. The molecule has 62 heavy (non-hydrogen) atoms. The van der Waals surface area contributed by atoms with Crippen LogP contribution < -0.4 is 24.0 Å². The molecule has 2 saturated heterocycles. The van der Waals surface area contributed by atoms with Gasteiger partial charge >= 0.3 is 11.9 Å². The molecule has 0 saturated carbocycles. The zero-order valence-corrected chi connectivity index (χ0v) is 36.0. The number of carbonyl (C=O) groups is 2. The average Bonchev–Trinajstić information content (AvgIpc) is 4.05. The largest absolute Gasteiger partial charge is 0.493 e. The van der Waals surface area contributed by atoms with Crippen LogP contribution in [0.4, 0.5) is 11.4 Å². The van der Waals surface area contributed by atoms with Crippen molar-refractivity contribution in [2.45, 2.75) is 56.8 Å². The third-order valence-electron chi connectivity index (χ3n) is 12.9. The van der Waals surface area contributed by atoms with Gasteiger partial charge < -0.3 is 43.6 Å². The molecule has 2 fully saturated rings. The molecular weight excluding hydrogens is 787 g/mol. The first-order chi connectivity index (χ1) is 30.2. The van der Waals surface area contributed by atoms with Crippen molar-refractivity contribution < 1.29 is 38.1 Å². The number of aliphatic imine (C=N–C) groups is 1. The second-order valence-electron chi connectivity index (χ2n) is 16.4. The molecule has 4 heterocycles. The molecule has 0 radical (unpaired) electrons. The van der Waals surface area contributed by atoms with Gasteiger partial charge in [-0.25, -0.2) is 9.28 Å². The normalized spacial score (nSPS) is 20.1. The van der Waals surface area contributed by atoms with E-state index in [0.717, 1.165) is 68.2 Å². The van der Waals surface area contributed by atoms with Crippen molar-refractivity contribution in [2.75, 3.05) is 61.2 Å². The number of piperidine rings is 1. The Kier molecular flexibility index (Phi) is 12.7. The van der Waals surface area contributed by atoms with Gasteiger partial charge in [0, 0.05) is 54.8 Å². The van der Waals surface area contributed by atoms with Gasteiger partial charge in [0.05, 0.1) is 34.0 Å². The topological polar surface area (TPSA) is 135 Å². The average molecular weight is 843 g/mol. The molecule has 4 aromatic carbocycles. The van der Waals surface area contributed by atoms with Crippen LogP contribution in [0.25, 0.3) is 0 Å². The lowest BCUT2D eigenvalue weighted by Gasteiger charge is -2.39. The van der Waals surface area contributed by atoms with E-state index in [0.29, 0.717) is 66.1 Å². The summed E-state index contributed by atoms with van der Waals surface area (Å²) in [6.07, 6.45) is 3.59. The van der Waals surface area contributed by atoms with Gasteiger partial charge in [-0.2, -0.15) is 4.99 Å². The number of hydrogen-bond donors (Lipinski definition) is 2. The van der Waals surface area contributed by atoms with E-state index in [9.17, 15) is 14.7 Å². The van der Waals surface area contributed by atoms with Crippen molar-refractivity contribution in [3.63, 3.8) is 0 Å². The third kappa shape index (κ3) is 8.40. The Morgan fingerprint density at radius 3 is 2.23 bits per heavy atom. The number of carbonyl (C=O) groups excluding carboxylic acids is 2. The highest BCUT2D eigenvalue weighted by molar-refractivity contribution is 6.01. The fraction of sp³-hybridized carbons (Fsp3) is 0.367. The second kappa shape index (κ2) is 18.4. The fourth-order valence-corrected chi connectivity index (χ4v) is 9.56. The Morgan fingerprint density at radius 1 is 0.839 bits per heavy atom. The Balaban J connectivity index is 0.990. The number of aliphatic hydroxyl groups excluding tert-OH is 1. The van der Waals surface area contributed by atoms with Crippen LogP contribution >= 0.6 is 0 Å². The monoisotopic (exact) mass is 842 g/mol. The summed E-state index contributed by atoms with van der Waals surface area (Å²) in [7, 11) is 6.07. The molecule has 0 aliphatic carbocycles. The van der Waals surface area contributed by atoms with E-state index in [-0.39, 0.29) is 28.5 Å². The van der Waals surface area contributed by atoms with E-state index in [1.54, 1.807) is 45.6 Å². The van der Waals surface area contributed by atoms with Crippen molar-refractivity contribution in [1.82, 2.24) is 19.6 Å². The van der Waals surface area contributed by atoms with Crippen molar-refractivity contribution in [1.29, 1.82) is 0 Å². The summed E-state index contributed by atoms with van der Waals surface area (Å²) < 4.78 is 28.2. The summed E-state index contributed by atoms with van der Waals surface area (Å²) in [5, 5.41) is 13.8. The number of aliphatic hydroxyl groups is 1. The minimum absolute atomic E-state index is 0.0601. The van der Waals surface area contributed by atoms with Gasteiger partial charge in [-0.15, -0.1) is 0 Å². The first kappa shape index (κ1) is 42.5. The Bertz CT molecular complexity index is 2390. The van der Waals surface area contributed by atoms with E-state index < -0.39 is 5.97 Å². The molecule has 3 aliphatic rings. The minimum Gasteiger partial charge on any atom is -0.493 e. The number of fused-ring (bicyclic) bond motifs is 1. The van der Waals surface area contributed by atoms with Crippen LogP contribution in [0.3, 0.4) is 0 Å². The lowest BCUT2D eigenvalue weighted by Crippen LogP contribution is -2.59. The molecule has 1 aromatic heterocycles. The third-order valence-corrected chi connectivity index (χ3v) is 12.9. The van der Waals surface area contributed by atoms with E-state index in [4.69, 9.17) is 28.4 Å². The van der Waals surface area contributed by atoms with E-state index in [1.807, 2.05) is 53.4 Å². The number of quaternary nitrogens is 1. The number of hydrogen-bond acceptors (Lipinski definition) is 11. The number of esters is 1. The molecule has 0 bridgehead atoms. The van der Waals surface area contributed by atoms with Gasteiger partial charge in [-0.1, -0.05) is 60.7 Å². The van der Waals surface area contributed by atoms with Crippen molar-refractivity contribution in [2.24, 2.45) is 4.99 Å². The number of nitrogens with zero attached hydrogens (tertiary/aromatic N) is 4. The van der Waals surface area contributed by atoms with Crippen LogP contribution in [-0.2, 0) is 29.8 Å². The smallest absolute Gasteiger partial charge is 0.338 e. The van der Waals surface area contributed by atoms with Crippen LogP contribution in [0.1, 0.15) is 69.0 Å². The summed E-state index contributed by atoms with van der Waals surface area (Å²) in [6, 6.07) is 33.6. The zero-order chi connectivity index (χ0) is 43.3. The fourth-order valence-electron chi connectivity index (χ4n) is 9.56. The number of para-hydroxylation sites is 2. The molecule has 13 nitrogen and oxygen atoms in total. The quantitative estimate of drug-likeness (QED) is 0.0822. The molecule has 2 unspecified atom stereocenters. The summed E-state index contributed by atoms with van der Waals surface area (Å²) in [5.74, 6) is 2.89. The predicted octanol–water partition coefficient (Wildman–Crippen LogP) is 7.22. The van der Waals surface area contributed by atoms with E-state index in [2.05, 4.69) is 40.5 Å². The number of methoxy groups -OCH3 is 4. The first-order valence-electron chi connectivity index (χ1n) is 21.3. The molecule has 13 heteroatoms. The molecule has 3 aliphatic heterocycles. The van der Waals surface area contributed by atoms with Crippen LogP contribution in [0.5, 0.6) is 17.2 Å². The lowest BCUT2D eigenvalue weighted by molar-refractivity contribution is 0.0598. The van der Waals surface area contributed by atoms with Gasteiger partial charge in [-0.05, 0) is 74.2 Å². The first-order valence-corrected chi connectivity index (χ1v) is 21.3. The summed E-state index contributed by atoms with van der Waals surface area (Å²) in [5.41, 5.74) is 4.74. The number of guanidine groups is 1. The SMILES string of the molecule is COC(=O)c1ccccc1C[N+]1(Cc2ccc(CO)o2)C(NC2CCN(CCC3(c4ccccc4)CCN(C(=O)c4cc(OC)c(OC)c(OC)c4)C3)CC2)=Nc2ccccc21. The molecule has 2 atom stereocenters. The molecule has 8 rings (SSSR count). The Morgan fingerprint density at radius 2 is 1.53 bits per heavy atom. The molecule has 5 aromatic rings. The Labute approximate surface area is 363 Å². The van der Waals surface area contributed by atoms with Crippen molar-refractivity contribution in [3.8, 4) is 17.2 Å². The second-order valence-corrected chi connectivity index (χ2v) is 16.4. The lowest BCUT2D eigenvalue weighted by atomic mass is 9.76. The van der Waals surface area contributed by atoms with Crippen LogP contribution in [0, 0.1) is 0 Å². The minimum atomic E-state index is -0.393. The van der Waals surface area contributed by atoms with Gasteiger partial charge in [0.2, 0.25) is 5.75 Å². The molecule has 324 valence electrons. The number of ether oxygens (including phenoxy) is 4. The van der Waals surface area contributed by atoms with Crippen LogP contribution in [0.2, 0.25) is 0 Å². The number of nitrogens with one attached hydrogen (secondary N) is 1. The summed E-state index contributed by atoms with van der Waals surface area (Å²) >= 11 is 0. The van der Waals surface area contributed by atoms with Crippen molar-refractivity contribution >= 4 is 29.2 Å². The molecular formula is C49H56N5O8+. The van der Waals surface area contributed by atoms with E-state index >= 15 is 0 Å². The maximum Gasteiger partial charge on any atom is 0.338 e. The predicted molar refractivity (Wildman–Crippen MR) is 237 cm³/mol. The number of furan rings is 1. The van der Waals surface area contributed by atoms with Gasteiger partial charge in [0.1, 0.15) is 31.1 Å². The highest BCUT2D eigenvalue weighted by atomic mass is 16.5. The molecule has 1 amide bonds. The van der Waals surface area contributed by atoms with Crippen LogP contribution in [0.15, 0.2) is 113 Å². The van der Waals surface area contributed by atoms with Gasteiger partial charge in [0.15, 0.2) is 22.9 Å². The zero-order valence-electron chi connectivity index (χ0n) is 36.0. The highest BCUT2D eigenvalue weighted by Crippen LogP contribution is 2.45. The van der Waals surface area contributed by atoms with Gasteiger partial charge in [0.25, 0.3) is 5.91 Å². The summed E-state index contributed by atoms with van der Waals surface area (Å²) in [4.78, 5) is 36.9. The number of benzene rings is 4. The maximum absolute atomic E-state index is 14.1. The highest BCUT2D eigenvalue weighted by Gasteiger charge is 2.47. The standard InChI is InChI=1S/C49H56N5O8/c1-58-43-28-35(29-44(59-2)45(43)60-3)46(56)53-27-23-49(33-53,36-13-6-5-7-14-36)22-26-52-24-20-37(21-25-52)50-48-51-41-16-10-11-17-42(41)54(48,31-38-18-19-39(32-55)62-38)30-34-12-8-9-15-40(34)47(57)61-4/h5-19,28-29,37,55H,20-27,30-33H2,1-4H3,(H,50,51)/q+1. The maximum atomic E-state index is 14.1. The molecule has 2 N–H and O–H groups in total. The number of rotatable bonds is 15. The Hall–Kier alpha value is -6.15. The van der Waals surface area contributed by atoms with Gasteiger partial charge in [-0.3, -0.25) is 4.79 Å². The van der Waals surface area contributed by atoms with Crippen molar-refractivity contribution in [3.05, 3.63) is 137 Å². The summed E-state index contributed by atoms with van der Waals surface area (Å²) in [6.45, 7) is 4.60. The number of likely N-dealkylation sites (tertiary alicyclic amines) is 2.